The van der Waals surface area contributed by atoms with Gasteiger partial charge in [-0.2, -0.15) is 0 Å². The molecule has 1 aromatic heterocycles. The highest BCUT2D eigenvalue weighted by Crippen LogP contribution is 2.39. The van der Waals surface area contributed by atoms with Gasteiger partial charge in [-0.3, -0.25) is 29.6 Å². The number of carbonyl (C=O) groups is 3. The van der Waals surface area contributed by atoms with Crippen molar-refractivity contribution in [2.75, 3.05) is 13.1 Å². The van der Waals surface area contributed by atoms with Crippen LogP contribution in [0.3, 0.4) is 0 Å². The minimum absolute atomic E-state index is 0.0830. The zero-order chi connectivity index (χ0) is 25.8. The van der Waals surface area contributed by atoms with E-state index in [-0.39, 0.29) is 24.3 Å². The molecule has 3 aliphatic heterocycles. The lowest BCUT2D eigenvalue weighted by Gasteiger charge is -2.29. The first kappa shape index (κ1) is 23.3. The highest BCUT2D eigenvalue weighted by Gasteiger charge is 2.39. The zero-order valence-corrected chi connectivity index (χ0v) is 21.2. The molecule has 8 heteroatoms. The molecular formula is C30H30N4O4. The van der Waals surface area contributed by atoms with Gasteiger partial charge in [-0.25, -0.2) is 0 Å². The number of fused-ring (bicyclic) bond motifs is 2. The number of likely N-dealkylation sites (tertiary alicyclic amines) is 1. The summed E-state index contributed by atoms with van der Waals surface area (Å²) >= 11 is 0. The fourth-order valence-electron chi connectivity index (χ4n) is 6.01. The molecule has 3 aromatic rings. The molecule has 1 N–H and O–H groups in total. The van der Waals surface area contributed by atoms with E-state index in [4.69, 9.17) is 9.72 Å². The molecule has 1 aliphatic carbocycles. The van der Waals surface area contributed by atoms with E-state index >= 15 is 0 Å². The third-order valence-corrected chi connectivity index (χ3v) is 8.20. The Morgan fingerprint density at radius 1 is 0.974 bits per heavy atom. The molecule has 3 amide bonds. The Balaban J connectivity index is 0.974. The van der Waals surface area contributed by atoms with Crippen LogP contribution in [-0.4, -0.2) is 57.7 Å². The van der Waals surface area contributed by atoms with Crippen LogP contribution in [0.5, 0.6) is 5.75 Å². The van der Waals surface area contributed by atoms with E-state index in [9.17, 15) is 14.4 Å². The van der Waals surface area contributed by atoms with Gasteiger partial charge in [0.2, 0.25) is 11.8 Å². The van der Waals surface area contributed by atoms with Crippen LogP contribution in [0.25, 0.3) is 10.9 Å². The maximum Gasteiger partial charge on any atom is 0.255 e. The van der Waals surface area contributed by atoms with E-state index in [1.54, 1.807) is 11.0 Å². The van der Waals surface area contributed by atoms with Crippen molar-refractivity contribution >= 4 is 28.6 Å². The van der Waals surface area contributed by atoms with Gasteiger partial charge in [-0.1, -0.05) is 12.1 Å². The van der Waals surface area contributed by atoms with Crippen molar-refractivity contribution in [2.45, 2.75) is 63.3 Å². The Bertz CT molecular complexity index is 1470. The van der Waals surface area contributed by atoms with Gasteiger partial charge in [0, 0.05) is 55.2 Å². The van der Waals surface area contributed by atoms with Crippen LogP contribution in [0.15, 0.2) is 48.5 Å². The van der Waals surface area contributed by atoms with Crippen LogP contribution in [-0.2, 0) is 22.7 Å². The Labute approximate surface area is 221 Å². The number of benzene rings is 2. The number of ether oxygens (including phenoxy) is 1. The summed E-state index contributed by atoms with van der Waals surface area (Å²) in [6.45, 7) is 3.04. The molecule has 194 valence electrons. The van der Waals surface area contributed by atoms with Crippen LogP contribution in [0.2, 0.25) is 0 Å². The Morgan fingerprint density at radius 3 is 2.71 bits per heavy atom. The third-order valence-electron chi connectivity index (χ3n) is 8.20. The Hall–Kier alpha value is -3.78. The SMILES string of the molecule is O=C1CCC(N2Cc3cc(OC4CCN(Cc5ccc6nc(C7CC7)ccc6c5)C4)ccc3C2=O)C(=O)N1. The molecule has 0 spiro atoms. The maximum absolute atomic E-state index is 12.9. The summed E-state index contributed by atoms with van der Waals surface area (Å²) in [5.74, 6) is 0.572. The summed E-state index contributed by atoms with van der Waals surface area (Å²) in [6, 6.07) is 15.9. The van der Waals surface area contributed by atoms with Crippen LogP contribution in [0.1, 0.15) is 65.2 Å². The molecule has 38 heavy (non-hydrogen) atoms. The number of carbonyl (C=O) groups excluding carboxylic acids is 3. The van der Waals surface area contributed by atoms with E-state index in [0.29, 0.717) is 24.4 Å². The van der Waals surface area contributed by atoms with E-state index in [2.05, 4.69) is 40.5 Å². The molecule has 2 atom stereocenters. The molecule has 2 unspecified atom stereocenters. The lowest BCUT2D eigenvalue weighted by atomic mass is 10.0. The van der Waals surface area contributed by atoms with Crippen LogP contribution < -0.4 is 10.1 Å². The number of amides is 3. The molecule has 2 saturated heterocycles. The molecular weight excluding hydrogens is 480 g/mol. The average molecular weight is 511 g/mol. The minimum atomic E-state index is -0.605. The number of aromatic nitrogens is 1. The molecule has 4 aliphatic rings. The number of imide groups is 1. The average Bonchev–Trinajstić information content (AvgIpc) is 3.60. The fraction of sp³-hybridized carbons (Fsp3) is 0.400. The first-order chi connectivity index (χ1) is 18.5. The third kappa shape index (κ3) is 4.43. The fourth-order valence-corrected chi connectivity index (χ4v) is 6.01. The van der Waals surface area contributed by atoms with Crippen molar-refractivity contribution in [1.29, 1.82) is 0 Å². The molecule has 2 aromatic carbocycles. The summed E-state index contributed by atoms with van der Waals surface area (Å²) in [6.07, 6.45) is 4.16. The number of hydrogen-bond acceptors (Lipinski definition) is 6. The molecule has 0 bridgehead atoms. The van der Waals surface area contributed by atoms with E-state index < -0.39 is 11.9 Å². The van der Waals surface area contributed by atoms with Gasteiger partial charge in [-0.15, -0.1) is 0 Å². The van der Waals surface area contributed by atoms with Crippen molar-refractivity contribution in [3.05, 3.63) is 70.9 Å². The Morgan fingerprint density at radius 2 is 1.87 bits per heavy atom. The summed E-state index contributed by atoms with van der Waals surface area (Å²) in [4.78, 5) is 45.6. The van der Waals surface area contributed by atoms with Gasteiger partial charge < -0.3 is 9.64 Å². The van der Waals surface area contributed by atoms with Crippen LogP contribution in [0.4, 0.5) is 0 Å². The van der Waals surface area contributed by atoms with Gasteiger partial charge in [0.05, 0.1) is 5.52 Å². The summed E-state index contributed by atoms with van der Waals surface area (Å²) in [5, 5.41) is 3.54. The quantitative estimate of drug-likeness (QED) is 0.510. The first-order valence-electron chi connectivity index (χ1n) is 13.6. The predicted molar refractivity (Wildman–Crippen MR) is 141 cm³/mol. The molecule has 7 rings (SSSR count). The van der Waals surface area contributed by atoms with Crippen molar-refractivity contribution in [3.8, 4) is 5.75 Å². The summed E-state index contributed by atoms with van der Waals surface area (Å²) < 4.78 is 6.33. The van der Waals surface area contributed by atoms with Crippen molar-refractivity contribution in [3.63, 3.8) is 0 Å². The largest absolute Gasteiger partial charge is 0.489 e. The second kappa shape index (κ2) is 9.20. The van der Waals surface area contributed by atoms with Gasteiger partial charge in [0.1, 0.15) is 17.9 Å². The standard InChI is InChI=1S/C30H30N4O4/c35-28-10-9-27(29(36)32-28)34-16-21-14-22(5-6-24(21)30(34)37)38-23-11-12-33(17-23)15-18-1-7-26-20(13-18)4-8-25(31-26)19-2-3-19/h1,4-8,13-14,19,23,27H,2-3,9-12,15-17H2,(H,32,35,36). The monoisotopic (exact) mass is 510 g/mol. The Kier molecular flexibility index (Phi) is 5.65. The normalized spacial score (nSPS) is 23.7. The predicted octanol–water partition coefficient (Wildman–Crippen LogP) is 3.53. The van der Waals surface area contributed by atoms with Gasteiger partial charge in [0.25, 0.3) is 5.91 Å². The van der Waals surface area contributed by atoms with Gasteiger partial charge >= 0.3 is 0 Å². The number of hydrogen-bond donors (Lipinski definition) is 1. The number of rotatable bonds is 6. The van der Waals surface area contributed by atoms with Crippen molar-refractivity contribution in [1.82, 2.24) is 20.1 Å². The van der Waals surface area contributed by atoms with E-state index in [1.807, 2.05) is 12.1 Å². The second-order valence-corrected chi connectivity index (χ2v) is 11.0. The molecule has 8 nitrogen and oxygen atoms in total. The molecule has 1 saturated carbocycles. The summed E-state index contributed by atoms with van der Waals surface area (Å²) in [5.41, 5.74) is 5.05. The molecule has 3 fully saturated rings. The highest BCUT2D eigenvalue weighted by atomic mass is 16.5. The number of pyridine rings is 1. The number of piperidine rings is 1. The highest BCUT2D eigenvalue weighted by molar-refractivity contribution is 6.05. The van der Waals surface area contributed by atoms with Crippen molar-refractivity contribution < 1.29 is 19.1 Å². The molecule has 4 heterocycles. The molecule has 0 radical (unpaired) electrons. The first-order valence-corrected chi connectivity index (χ1v) is 13.6. The topological polar surface area (TPSA) is 91.8 Å². The van der Waals surface area contributed by atoms with Crippen LogP contribution >= 0.6 is 0 Å². The maximum atomic E-state index is 12.9. The van der Waals surface area contributed by atoms with E-state index in [0.717, 1.165) is 42.9 Å². The number of nitrogens with zero attached hydrogens (tertiary/aromatic N) is 3. The van der Waals surface area contributed by atoms with E-state index in [1.165, 1.54) is 29.5 Å². The lowest BCUT2D eigenvalue weighted by Crippen LogP contribution is -2.52. The smallest absolute Gasteiger partial charge is 0.255 e. The van der Waals surface area contributed by atoms with Crippen LogP contribution in [0, 0.1) is 0 Å². The van der Waals surface area contributed by atoms with Gasteiger partial charge in [0.15, 0.2) is 0 Å². The lowest BCUT2D eigenvalue weighted by molar-refractivity contribution is -0.136. The minimum Gasteiger partial charge on any atom is -0.489 e. The summed E-state index contributed by atoms with van der Waals surface area (Å²) in [7, 11) is 0. The second-order valence-electron chi connectivity index (χ2n) is 11.0. The van der Waals surface area contributed by atoms with Gasteiger partial charge in [-0.05, 0) is 73.2 Å². The van der Waals surface area contributed by atoms with Crippen molar-refractivity contribution in [2.24, 2.45) is 0 Å². The zero-order valence-electron chi connectivity index (χ0n) is 21.2. The number of nitrogens with one attached hydrogen (secondary N) is 1.